The maximum absolute atomic E-state index is 13.9. The van der Waals surface area contributed by atoms with Gasteiger partial charge in [0.15, 0.2) is 0 Å². The number of benzene rings is 1. The molecule has 7 nitrogen and oxygen atoms in total. The van der Waals surface area contributed by atoms with Gasteiger partial charge in [0.2, 0.25) is 0 Å². The summed E-state index contributed by atoms with van der Waals surface area (Å²) in [6.45, 7) is 6.23. The van der Waals surface area contributed by atoms with Crippen molar-refractivity contribution < 1.29 is 4.39 Å². The summed E-state index contributed by atoms with van der Waals surface area (Å²) in [5.41, 5.74) is 6.44. The number of nitrogen functional groups attached to an aromatic ring is 1. The molecule has 2 aromatic rings. The van der Waals surface area contributed by atoms with E-state index in [1.54, 1.807) is 13.3 Å². The number of nitrogens with two attached hydrogens (primary N) is 1. The van der Waals surface area contributed by atoms with Crippen LogP contribution in [-0.4, -0.2) is 70.0 Å². The van der Waals surface area contributed by atoms with Crippen LogP contribution in [0.2, 0.25) is 0 Å². The van der Waals surface area contributed by atoms with Crippen molar-refractivity contribution in [2.45, 2.75) is 50.7 Å². The number of nitrogens with one attached hydrogen (secondary N) is 2. The summed E-state index contributed by atoms with van der Waals surface area (Å²) < 4.78 is 13.9. The Bertz CT molecular complexity index is 977. The van der Waals surface area contributed by atoms with Crippen molar-refractivity contribution in [3.05, 3.63) is 24.5 Å². The first-order valence-electron chi connectivity index (χ1n) is 11.9. The normalized spacial score (nSPS) is 30.9. The molecule has 1 aromatic carbocycles. The highest BCUT2D eigenvalue weighted by Crippen LogP contribution is 2.48. The van der Waals surface area contributed by atoms with Crippen molar-refractivity contribution in [3.8, 4) is 0 Å². The molecule has 1 aromatic heterocycles. The molecule has 2 atom stereocenters. The summed E-state index contributed by atoms with van der Waals surface area (Å²) in [5, 5.41) is 12.8. The molecule has 2 unspecified atom stereocenters. The molecular weight excluding hydrogens is 405 g/mol. The van der Waals surface area contributed by atoms with E-state index in [1.807, 2.05) is 18.2 Å². The molecule has 32 heavy (non-hydrogen) atoms. The van der Waals surface area contributed by atoms with Crippen LogP contribution in [0.15, 0.2) is 24.5 Å². The van der Waals surface area contributed by atoms with Gasteiger partial charge in [-0.15, -0.1) is 0 Å². The lowest BCUT2D eigenvalue weighted by Gasteiger charge is -2.42. The Kier molecular flexibility index (Phi) is 5.65. The van der Waals surface area contributed by atoms with Gasteiger partial charge >= 0.3 is 0 Å². The molecule has 4 N–H and O–H groups in total. The van der Waals surface area contributed by atoms with Gasteiger partial charge in [0.25, 0.3) is 0 Å². The molecule has 172 valence electrons. The second-order valence-corrected chi connectivity index (χ2v) is 10.00. The number of fused-ring (bicyclic) bond motifs is 1. The number of piperazine rings is 1. The van der Waals surface area contributed by atoms with Gasteiger partial charge in [0.1, 0.15) is 23.6 Å². The van der Waals surface area contributed by atoms with E-state index in [4.69, 9.17) is 11.1 Å². The average molecular weight is 440 g/mol. The Labute approximate surface area is 189 Å². The number of rotatable bonds is 5. The molecule has 0 radical (unpaired) electrons. The Morgan fingerprint density at radius 3 is 2.59 bits per heavy atom. The zero-order chi connectivity index (χ0) is 22.3. The van der Waals surface area contributed by atoms with Crippen LogP contribution in [0.4, 0.5) is 15.9 Å². The third kappa shape index (κ3) is 4.37. The van der Waals surface area contributed by atoms with E-state index in [9.17, 15) is 4.39 Å². The predicted octanol–water partition coefficient (Wildman–Crippen LogP) is 3.53. The zero-order valence-electron chi connectivity index (χ0n) is 18.9. The van der Waals surface area contributed by atoms with Gasteiger partial charge in [-0.2, -0.15) is 0 Å². The van der Waals surface area contributed by atoms with Crippen molar-refractivity contribution in [2.24, 2.45) is 11.8 Å². The molecule has 2 aliphatic carbocycles. The van der Waals surface area contributed by atoms with E-state index in [-0.39, 0.29) is 5.92 Å². The van der Waals surface area contributed by atoms with E-state index in [0.29, 0.717) is 24.2 Å². The van der Waals surface area contributed by atoms with Crippen molar-refractivity contribution >= 4 is 28.2 Å². The Hall–Kier alpha value is -2.48. The molecule has 0 spiro atoms. The smallest absolute Gasteiger partial charge is 0.137 e. The number of aromatic nitrogens is 2. The SMILES string of the molecule is CC1(F)CC1C(=N)N1CCN(C2CCC(CNc3ncnc4ccc(N)cc34)CC2)CC1. The van der Waals surface area contributed by atoms with Gasteiger partial charge in [-0.3, -0.25) is 10.3 Å². The van der Waals surface area contributed by atoms with Crippen molar-refractivity contribution in [2.75, 3.05) is 43.8 Å². The Morgan fingerprint density at radius 2 is 1.91 bits per heavy atom. The van der Waals surface area contributed by atoms with Crippen molar-refractivity contribution in [3.63, 3.8) is 0 Å². The molecule has 3 fully saturated rings. The number of hydrogen-bond acceptors (Lipinski definition) is 6. The fraction of sp³-hybridized carbons (Fsp3) is 0.625. The van der Waals surface area contributed by atoms with Gasteiger partial charge in [-0.25, -0.2) is 14.4 Å². The molecule has 5 rings (SSSR count). The summed E-state index contributed by atoms with van der Waals surface area (Å²) >= 11 is 0. The molecule has 3 aliphatic rings. The van der Waals surface area contributed by atoms with E-state index in [1.165, 1.54) is 25.7 Å². The summed E-state index contributed by atoms with van der Waals surface area (Å²) in [5.74, 6) is 1.84. The van der Waals surface area contributed by atoms with Crippen molar-refractivity contribution in [1.29, 1.82) is 5.41 Å². The standard InChI is InChI=1S/C24H34FN7/c1-24(25)13-20(24)22(27)32-10-8-31(9-11-32)18-5-2-16(3-6-18)14-28-23-19-12-17(26)4-7-21(19)29-15-30-23/h4,7,12,15-16,18,20,27H,2-3,5-6,8-11,13-14,26H2,1H3,(H,28,29,30). The fourth-order valence-corrected chi connectivity index (χ4v) is 5.44. The number of alkyl halides is 1. The van der Waals surface area contributed by atoms with Gasteiger partial charge in [-0.1, -0.05) is 0 Å². The number of halogens is 1. The van der Waals surface area contributed by atoms with E-state index < -0.39 is 5.67 Å². The van der Waals surface area contributed by atoms with Crippen LogP contribution in [0.5, 0.6) is 0 Å². The molecule has 2 heterocycles. The minimum absolute atomic E-state index is 0.180. The lowest BCUT2D eigenvalue weighted by atomic mass is 9.85. The third-order valence-electron chi connectivity index (χ3n) is 7.70. The maximum Gasteiger partial charge on any atom is 0.137 e. The molecule has 1 aliphatic heterocycles. The summed E-state index contributed by atoms with van der Waals surface area (Å²) in [4.78, 5) is 13.5. The van der Waals surface area contributed by atoms with Crippen LogP contribution in [0.3, 0.4) is 0 Å². The highest BCUT2D eigenvalue weighted by Gasteiger charge is 2.55. The number of nitrogens with zero attached hydrogens (tertiary/aromatic N) is 4. The average Bonchev–Trinajstić information content (AvgIpc) is 3.45. The number of hydrogen-bond donors (Lipinski definition) is 3. The summed E-state index contributed by atoms with van der Waals surface area (Å²) in [6, 6.07) is 6.37. The van der Waals surface area contributed by atoms with Crippen LogP contribution in [0, 0.1) is 17.2 Å². The lowest BCUT2D eigenvalue weighted by Crippen LogP contribution is -2.53. The Morgan fingerprint density at radius 1 is 1.19 bits per heavy atom. The molecule has 0 amide bonds. The number of amidine groups is 1. The van der Waals surface area contributed by atoms with Crippen molar-refractivity contribution in [1.82, 2.24) is 19.8 Å². The topological polar surface area (TPSA) is 94.2 Å². The molecular formula is C24H34FN7. The fourth-order valence-electron chi connectivity index (χ4n) is 5.44. The van der Waals surface area contributed by atoms with Crippen LogP contribution in [0.1, 0.15) is 39.0 Å². The first kappa shape index (κ1) is 21.4. The van der Waals surface area contributed by atoms with Gasteiger partial charge in [0.05, 0.1) is 11.4 Å². The monoisotopic (exact) mass is 439 g/mol. The second-order valence-electron chi connectivity index (χ2n) is 10.00. The first-order valence-corrected chi connectivity index (χ1v) is 11.9. The summed E-state index contributed by atoms with van der Waals surface area (Å²) in [6.07, 6.45) is 6.97. The Balaban J connectivity index is 1.08. The van der Waals surface area contributed by atoms with Gasteiger partial charge < -0.3 is 16.0 Å². The lowest BCUT2D eigenvalue weighted by molar-refractivity contribution is 0.0948. The molecule has 1 saturated heterocycles. The third-order valence-corrected chi connectivity index (χ3v) is 7.70. The molecule has 8 heteroatoms. The van der Waals surface area contributed by atoms with Gasteiger partial charge in [-0.05, 0) is 63.1 Å². The molecule has 2 saturated carbocycles. The maximum atomic E-state index is 13.9. The minimum atomic E-state index is -1.15. The van der Waals surface area contributed by atoms with Crippen LogP contribution in [0.25, 0.3) is 10.9 Å². The largest absolute Gasteiger partial charge is 0.399 e. The highest BCUT2D eigenvalue weighted by atomic mass is 19.1. The minimum Gasteiger partial charge on any atom is -0.399 e. The first-order chi connectivity index (χ1) is 15.4. The second kappa shape index (κ2) is 8.46. The van der Waals surface area contributed by atoms with E-state index in [2.05, 4.69) is 25.1 Å². The van der Waals surface area contributed by atoms with Gasteiger partial charge in [0, 0.05) is 49.8 Å². The number of anilines is 2. The van der Waals surface area contributed by atoms with E-state index in [0.717, 1.165) is 55.1 Å². The highest BCUT2D eigenvalue weighted by molar-refractivity contribution is 5.91. The quantitative estimate of drug-likeness (QED) is 0.375. The van der Waals surface area contributed by atoms with Crippen LogP contribution in [-0.2, 0) is 0 Å². The summed E-state index contributed by atoms with van der Waals surface area (Å²) in [7, 11) is 0. The van der Waals surface area contributed by atoms with Crippen LogP contribution >= 0.6 is 0 Å². The molecule has 0 bridgehead atoms. The predicted molar refractivity (Wildman–Crippen MR) is 127 cm³/mol. The van der Waals surface area contributed by atoms with E-state index >= 15 is 0 Å². The van der Waals surface area contributed by atoms with Crippen LogP contribution < -0.4 is 11.1 Å². The zero-order valence-corrected chi connectivity index (χ0v) is 18.9.